The van der Waals surface area contributed by atoms with Gasteiger partial charge in [0.15, 0.2) is 0 Å². The van der Waals surface area contributed by atoms with Gasteiger partial charge in [-0.15, -0.1) is 0 Å². The Morgan fingerprint density at radius 2 is 2.12 bits per heavy atom. The smallest absolute Gasteiger partial charge is 0.0385 e. The molecule has 0 atom stereocenters. The van der Waals surface area contributed by atoms with Gasteiger partial charge in [0.05, 0.1) is 0 Å². The van der Waals surface area contributed by atoms with Crippen LogP contribution in [-0.2, 0) is 0 Å². The molecule has 0 radical (unpaired) electrons. The van der Waals surface area contributed by atoms with Gasteiger partial charge in [-0.25, -0.2) is 0 Å². The highest BCUT2D eigenvalue weighted by Crippen LogP contribution is 2.03. The molecular weight excluding hydrogens is 180 g/mol. The molecule has 0 aliphatic rings. The summed E-state index contributed by atoms with van der Waals surface area (Å²) in [6.45, 7) is 0. The van der Waals surface area contributed by atoms with Crippen LogP contribution >= 0.6 is 15.9 Å². The number of hydrogen-bond donors (Lipinski definition) is 0. The third kappa shape index (κ3) is 1.45. The molecule has 0 bridgehead atoms. The maximum absolute atomic E-state index is 3.38. The van der Waals surface area contributed by atoms with Crippen LogP contribution in [0.25, 0.3) is 0 Å². The van der Waals surface area contributed by atoms with Gasteiger partial charge >= 0.3 is 0 Å². The van der Waals surface area contributed by atoms with E-state index in [-0.39, 0.29) is 0 Å². The van der Waals surface area contributed by atoms with E-state index in [0.29, 0.717) is 0 Å². The van der Waals surface area contributed by atoms with Gasteiger partial charge < -0.3 is 0 Å². The molecular formula is C6H7BrSi. The standard InChI is InChI=1S/C6H7BrSi/c7-5-2-1-3-6(8)4-5/h1-4H,8H3. The van der Waals surface area contributed by atoms with Crippen molar-refractivity contribution in [2.24, 2.45) is 0 Å². The Bertz CT molecular complexity index is 168. The second-order valence-corrected chi connectivity index (χ2v) is 3.87. The summed E-state index contributed by atoms with van der Waals surface area (Å²) in [5, 5.41) is 1.43. The molecule has 0 amide bonds. The Hall–Kier alpha value is -0.0831. The minimum atomic E-state index is 1.14. The molecule has 0 N–H and O–H groups in total. The fraction of sp³-hybridized carbons (Fsp3) is 0. The second-order valence-electron chi connectivity index (χ2n) is 1.80. The van der Waals surface area contributed by atoms with Crippen molar-refractivity contribution in [2.75, 3.05) is 0 Å². The van der Waals surface area contributed by atoms with Crippen LogP contribution < -0.4 is 5.19 Å². The highest BCUT2D eigenvalue weighted by Gasteiger charge is 1.82. The van der Waals surface area contributed by atoms with Crippen LogP contribution in [0.15, 0.2) is 28.7 Å². The Labute approximate surface area is 60.5 Å². The molecule has 2 heteroatoms. The van der Waals surface area contributed by atoms with Crippen molar-refractivity contribution in [2.45, 2.75) is 0 Å². The van der Waals surface area contributed by atoms with Crippen molar-refractivity contribution >= 4 is 31.4 Å². The van der Waals surface area contributed by atoms with E-state index in [1.54, 1.807) is 0 Å². The molecule has 1 aromatic carbocycles. The molecule has 1 rings (SSSR count). The molecule has 8 heavy (non-hydrogen) atoms. The summed E-state index contributed by atoms with van der Waals surface area (Å²) >= 11 is 3.38. The molecule has 42 valence electrons. The van der Waals surface area contributed by atoms with Gasteiger partial charge in [0.25, 0.3) is 0 Å². The quantitative estimate of drug-likeness (QED) is 0.517. The number of halogens is 1. The van der Waals surface area contributed by atoms with Crippen LogP contribution in [0.5, 0.6) is 0 Å². The monoisotopic (exact) mass is 186 g/mol. The third-order valence-corrected chi connectivity index (χ3v) is 2.10. The fourth-order valence-electron chi connectivity index (χ4n) is 0.606. The van der Waals surface area contributed by atoms with E-state index >= 15 is 0 Å². The molecule has 0 aliphatic carbocycles. The van der Waals surface area contributed by atoms with E-state index in [4.69, 9.17) is 0 Å². The van der Waals surface area contributed by atoms with Crippen LogP contribution in [0.4, 0.5) is 0 Å². The zero-order valence-corrected chi connectivity index (χ0v) is 8.27. The summed E-state index contributed by atoms with van der Waals surface area (Å²) in [4.78, 5) is 0. The molecule has 0 aromatic heterocycles. The molecule has 0 heterocycles. The number of benzene rings is 1. The minimum absolute atomic E-state index is 1.14. The summed E-state index contributed by atoms with van der Waals surface area (Å²) in [6, 6.07) is 8.39. The lowest BCUT2D eigenvalue weighted by Crippen LogP contribution is -1.98. The van der Waals surface area contributed by atoms with Crippen LogP contribution in [0, 0.1) is 0 Å². The molecule has 0 unspecified atom stereocenters. The fourth-order valence-corrected chi connectivity index (χ4v) is 2.05. The zero-order valence-electron chi connectivity index (χ0n) is 4.69. The molecule has 0 nitrogen and oxygen atoms in total. The summed E-state index contributed by atoms with van der Waals surface area (Å²) < 4.78 is 1.19. The van der Waals surface area contributed by atoms with Crippen molar-refractivity contribution < 1.29 is 0 Å². The summed E-state index contributed by atoms with van der Waals surface area (Å²) in [5.41, 5.74) is 0. The highest BCUT2D eigenvalue weighted by molar-refractivity contribution is 9.10. The topological polar surface area (TPSA) is 0 Å². The lowest BCUT2D eigenvalue weighted by molar-refractivity contribution is 1.70. The normalized spacial score (nSPS) is 9.62. The largest absolute Gasteiger partial charge is 0.0697 e. The first-order chi connectivity index (χ1) is 3.79. The van der Waals surface area contributed by atoms with E-state index in [2.05, 4.69) is 34.1 Å². The third-order valence-electron chi connectivity index (χ3n) is 0.980. The van der Waals surface area contributed by atoms with Crippen molar-refractivity contribution in [3.8, 4) is 0 Å². The predicted molar refractivity (Wildman–Crippen MR) is 43.7 cm³/mol. The average Bonchev–Trinajstić information content (AvgIpc) is 1.64. The lowest BCUT2D eigenvalue weighted by Gasteiger charge is -1.89. The molecule has 0 saturated carbocycles. The Morgan fingerprint density at radius 3 is 2.50 bits per heavy atom. The van der Waals surface area contributed by atoms with Crippen LogP contribution in [-0.4, -0.2) is 10.2 Å². The summed E-state index contributed by atoms with van der Waals surface area (Å²) in [6.07, 6.45) is 0. The van der Waals surface area contributed by atoms with Crippen LogP contribution in [0.2, 0.25) is 0 Å². The van der Waals surface area contributed by atoms with Crippen LogP contribution in [0.3, 0.4) is 0 Å². The first-order valence-corrected chi connectivity index (χ1v) is 4.30. The Balaban J connectivity index is 3.08. The second kappa shape index (κ2) is 2.46. The first kappa shape index (κ1) is 6.04. The maximum Gasteiger partial charge on any atom is 0.0385 e. The van der Waals surface area contributed by atoms with Gasteiger partial charge in [-0.2, -0.15) is 0 Å². The molecule has 0 saturated heterocycles. The highest BCUT2D eigenvalue weighted by atomic mass is 79.9. The van der Waals surface area contributed by atoms with Gasteiger partial charge in [0, 0.05) is 14.7 Å². The van der Waals surface area contributed by atoms with Gasteiger partial charge in [0.1, 0.15) is 0 Å². The van der Waals surface area contributed by atoms with Gasteiger partial charge in [-0.3, -0.25) is 0 Å². The Kier molecular flexibility index (Phi) is 1.86. The molecule has 0 fully saturated rings. The van der Waals surface area contributed by atoms with Crippen molar-refractivity contribution in [3.05, 3.63) is 28.7 Å². The van der Waals surface area contributed by atoms with Gasteiger partial charge in [0.2, 0.25) is 0 Å². The van der Waals surface area contributed by atoms with Crippen molar-refractivity contribution in [3.63, 3.8) is 0 Å². The molecule has 0 spiro atoms. The average molecular weight is 187 g/mol. The summed E-state index contributed by atoms with van der Waals surface area (Å²) in [5.74, 6) is 0. The Morgan fingerprint density at radius 1 is 1.38 bits per heavy atom. The number of rotatable bonds is 0. The van der Waals surface area contributed by atoms with Crippen LogP contribution in [0.1, 0.15) is 0 Å². The van der Waals surface area contributed by atoms with Crippen molar-refractivity contribution in [1.29, 1.82) is 0 Å². The van der Waals surface area contributed by atoms with Gasteiger partial charge in [-0.1, -0.05) is 33.2 Å². The van der Waals surface area contributed by atoms with Crippen molar-refractivity contribution in [1.82, 2.24) is 0 Å². The van der Waals surface area contributed by atoms with E-state index < -0.39 is 0 Å². The van der Waals surface area contributed by atoms with Gasteiger partial charge in [-0.05, 0) is 12.1 Å². The minimum Gasteiger partial charge on any atom is -0.0697 e. The van der Waals surface area contributed by atoms with E-state index in [1.165, 1.54) is 9.66 Å². The van der Waals surface area contributed by atoms with E-state index in [1.807, 2.05) is 6.07 Å². The van der Waals surface area contributed by atoms with E-state index in [9.17, 15) is 0 Å². The summed E-state index contributed by atoms with van der Waals surface area (Å²) in [7, 11) is 1.14. The molecule has 1 aromatic rings. The lowest BCUT2D eigenvalue weighted by atomic mass is 10.4. The molecule has 0 aliphatic heterocycles. The van der Waals surface area contributed by atoms with E-state index in [0.717, 1.165) is 10.2 Å². The SMILES string of the molecule is [SiH3]c1cccc(Br)c1. The number of hydrogen-bond acceptors (Lipinski definition) is 0. The predicted octanol–water partition coefficient (Wildman–Crippen LogP) is 0.440. The maximum atomic E-state index is 3.38. The zero-order chi connectivity index (χ0) is 5.98. The first-order valence-electron chi connectivity index (χ1n) is 2.51.